The number of rotatable bonds is 4. The van der Waals surface area contributed by atoms with Gasteiger partial charge >= 0.3 is 5.97 Å². The van der Waals surface area contributed by atoms with Gasteiger partial charge in [-0.2, -0.15) is 0 Å². The summed E-state index contributed by atoms with van der Waals surface area (Å²) in [5, 5.41) is 10.9. The first kappa shape index (κ1) is 15.2. The number of benzene rings is 2. The second-order valence-corrected chi connectivity index (χ2v) is 5.38. The number of carbonyl (C=O) groups is 1. The van der Waals surface area contributed by atoms with Crippen LogP contribution in [0.3, 0.4) is 0 Å². The molecule has 0 fully saturated rings. The zero-order chi connectivity index (χ0) is 15.4. The van der Waals surface area contributed by atoms with Crippen molar-refractivity contribution in [1.82, 2.24) is 0 Å². The van der Waals surface area contributed by atoms with E-state index in [4.69, 9.17) is 4.74 Å². The highest BCUT2D eigenvalue weighted by molar-refractivity contribution is 9.10. The first-order valence-electron chi connectivity index (χ1n) is 6.14. The highest BCUT2D eigenvalue weighted by atomic mass is 79.9. The molecule has 0 aliphatic carbocycles. The number of esters is 1. The molecule has 0 saturated heterocycles. The maximum Gasteiger partial charge on any atom is 0.338 e. The number of halogens is 1. The van der Waals surface area contributed by atoms with Gasteiger partial charge in [0, 0.05) is 16.1 Å². The summed E-state index contributed by atoms with van der Waals surface area (Å²) in [4.78, 5) is 22.3. The molecule has 0 unspecified atom stereocenters. The van der Waals surface area contributed by atoms with E-state index < -0.39 is 10.9 Å². The second kappa shape index (κ2) is 6.49. The second-order valence-electron chi connectivity index (χ2n) is 4.46. The van der Waals surface area contributed by atoms with Gasteiger partial charge in [0.25, 0.3) is 5.69 Å². The number of hydrogen-bond acceptors (Lipinski definition) is 4. The van der Waals surface area contributed by atoms with E-state index >= 15 is 0 Å². The molecule has 2 aromatic rings. The van der Waals surface area contributed by atoms with E-state index in [1.807, 2.05) is 24.3 Å². The minimum atomic E-state index is -0.582. The molecule has 0 saturated carbocycles. The Balaban J connectivity index is 2.08. The summed E-state index contributed by atoms with van der Waals surface area (Å²) < 4.78 is 6.09. The number of carbonyl (C=O) groups excluding carboxylic acids is 1. The third-order valence-corrected chi connectivity index (χ3v) is 3.45. The third kappa shape index (κ3) is 3.88. The van der Waals surface area contributed by atoms with Crippen molar-refractivity contribution < 1.29 is 14.5 Å². The molecule has 0 spiro atoms. The molecule has 0 N–H and O–H groups in total. The standard InChI is InChI=1S/C15H12BrNO4/c1-10-2-5-12(8-14(10)17(19)20)15(18)21-9-11-3-6-13(16)7-4-11/h2-8H,9H2,1H3. The topological polar surface area (TPSA) is 69.4 Å². The van der Waals surface area contributed by atoms with Crippen molar-refractivity contribution in [3.63, 3.8) is 0 Å². The van der Waals surface area contributed by atoms with Gasteiger partial charge in [0.15, 0.2) is 0 Å². The predicted octanol–water partition coefficient (Wildman–Crippen LogP) is 4.02. The molecular weight excluding hydrogens is 338 g/mol. The maximum absolute atomic E-state index is 11.9. The molecule has 0 heterocycles. The number of hydrogen-bond donors (Lipinski definition) is 0. The Morgan fingerprint density at radius 1 is 1.24 bits per heavy atom. The van der Waals surface area contributed by atoms with Crippen LogP contribution in [0.4, 0.5) is 5.69 Å². The summed E-state index contributed by atoms with van der Waals surface area (Å²) in [6.07, 6.45) is 0. The fourth-order valence-corrected chi connectivity index (χ4v) is 2.01. The van der Waals surface area contributed by atoms with Crippen LogP contribution in [-0.2, 0) is 11.3 Å². The SMILES string of the molecule is Cc1ccc(C(=O)OCc2ccc(Br)cc2)cc1[N+](=O)[O-]. The minimum absolute atomic E-state index is 0.0897. The summed E-state index contributed by atoms with van der Waals surface area (Å²) in [5.41, 5.74) is 1.43. The van der Waals surface area contributed by atoms with Gasteiger partial charge in [-0.3, -0.25) is 10.1 Å². The van der Waals surface area contributed by atoms with Crippen molar-refractivity contribution in [3.05, 3.63) is 73.7 Å². The summed E-state index contributed by atoms with van der Waals surface area (Å²) in [5.74, 6) is -0.582. The van der Waals surface area contributed by atoms with Crippen molar-refractivity contribution in [1.29, 1.82) is 0 Å². The van der Waals surface area contributed by atoms with Crippen LogP contribution in [0.15, 0.2) is 46.9 Å². The van der Waals surface area contributed by atoms with Crippen molar-refractivity contribution in [2.24, 2.45) is 0 Å². The molecule has 0 aliphatic heterocycles. The molecule has 5 nitrogen and oxygen atoms in total. The lowest BCUT2D eigenvalue weighted by Gasteiger charge is -2.06. The van der Waals surface area contributed by atoms with Gasteiger partial charge < -0.3 is 4.74 Å². The zero-order valence-corrected chi connectivity index (χ0v) is 12.8. The average Bonchev–Trinajstić information content (AvgIpc) is 2.46. The largest absolute Gasteiger partial charge is 0.457 e. The normalized spacial score (nSPS) is 10.2. The summed E-state index contributed by atoms with van der Waals surface area (Å²) in [7, 11) is 0. The number of ether oxygens (including phenoxy) is 1. The zero-order valence-electron chi connectivity index (χ0n) is 11.2. The summed E-state index contributed by atoms with van der Waals surface area (Å²) in [6, 6.07) is 11.6. The third-order valence-electron chi connectivity index (χ3n) is 2.92. The predicted molar refractivity (Wildman–Crippen MR) is 81.1 cm³/mol. The summed E-state index contributed by atoms with van der Waals surface area (Å²) >= 11 is 3.32. The van der Waals surface area contributed by atoms with E-state index in [0.717, 1.165) is 10.0 Å². The molecule has 0 radical (unpaired) electrons. The monoisotopic (exact) mass is 349 g/mol. The smallest absolute Gasteiger partial charge is 0.338 e. The molecule has 0 amide bonds. The molecule has 21 heavy (non-hydrogen) atoms. The number of nitro groups is 1. The Labute approximate surface area is 129 Å². The number of aryl methyl sites for hydroxylation is 1. The Hall–Kier alpha value is -2.21. The van der Waals surface area contributed by atoms with E-state index in [2.05, 4.69) is 15.9 Å². The molecule has 6 heteroatoms. The van der Waals surface area contributed by atoms with Gasteiger partial charge in [-0.15, -0.1) is 0 Å². The minimum Gasteiger partial charge on any atom is -0.457 e. The highest BCUT2D eigenvalue weighted by Gasteiger charge is 2.15. The Morgan fingerprint density at radius 2 is 1.90 bits per heavy atom. The van der Waals surface area contributed by atoms with Crippen molar-refractivity contribution in [2.75, 3.05) is 0 Å². The molecule has 0 atom stereocenters. The van der Waals surface area contributed by atoms with Crippen LogP contribution < -0.4 is 0 Å². The summed E-state index contributed by atoms with van der Waals surface area (Å²) in [6.45, 7) is 1.74. The molecule has 0 aliphatic rings. The lowest BCUT2D eigenvalue weighted by Crippen LogP contribution is -2.06. The lowest BCUT2D eigenvalue weighted by atomic mass is 10.1. The molecule has 2 aromatic carbocycles. The van der Waals surface area contributed by atoms with Crippen molar-refractivity contribution in [2.45, 2.75) is 13.5 Å². The van der Waals surface area contributed by atoms with Gasteiger partial charge in [0.1, 0.15) is 6.61 Å². The van der Waals surface area contributed by atoms with Crippen molar-refractivity contribution >= 4 is 27.6 Å². The number of nitrogens with zero attached hydrogens (tertiary/aromatic N) is 1. The first-order valence-corrected chi connectivity index (χ1v) is 6.93. The van der Waals surface area contributed by atoms with Crippen LogP contribution in [-0.4, -0.2) is 10.9 Å². The Kier molecular flexibility index (Phi) is 4.70. The van der Waals surface area contributed by atoms with Gasteiger partial charge in [0.05, 0.1) is 10.5 Å². The fourth-order valence-electron chi connectivity index (χ4n) is 1.75. The van der Waals surface area contributed by atoms with Crippen LogP contribution in [0.5, 0.6) is 0 Å². The molecular formula is C15H12BrNO4. The Bertz CT molecular complexity index is 683. The van der Waals surface area contributed by atoms with Crippen LogP contribution >= 0.6 is 15.9 Å². The van der Waals surface area contributed by atoms with E-state index in [0.29, 0.717) is 5.56 Å². The molecule has 0 bridgehead atoms. The molecule has 2 rings (SSSR count). The van der Waals surface area contributed by atoms with Gasteiger partial charge in [-0.25, -0.2) is 4.79 Å². The van der Waals surface area contributed by atoms with Gasteiger partial charge in [0.2, 0.25) is 0 Å². The van der Waals surface area contributed by atoms with E-state index in [9.17, 15) is 14.9 Å². The first-order chi connectivity index (χ1) is 9.97. The van der Waals surface area contributed by atoms with Crippen molar-refractivity contribution in [3.8, 4) is 0 Å². The van der Waals surface area contributed by atoms with Crippen LogP contribution in [0, 0.1) is 17.0 Å². The van der Waals surface area contributed by atoms with E-state index in [-0.39, 0.29) is 17.9 Å². The lowest BCUT2D eigenvalue weighted by molar-refractivity contribution is -0.385. The van der Waals surface area contributed by atoms with Crippen LogP contribution in [0.2, 0.25) is 0 Å². The highest BCUT2D eigenvalue weighted by Crippen LogP contribution is 2.20. The maximum atomic E-state index is 11.9. The van der Waals surface area contributed by atoms with Crippen LogP contribution in [0.25, 0.3) is 0 Å². The molecule has 108 valence electrons. The van der Waals surface area contributed by atoms with E-state index in [1.54, 1.807) is 6.92 Å². The quantitative estimate of drug-likeness (QED) is 0.474. The van der Waals surface area contributed by atoms with Crippen LogP contribution in [0.1, 0.15) is 21.5 Å². The van der Waals surface area contributed by atoms with E-state index in [1.165, 1.54) is 18.2 Å². The number of nitro benzene ring substituents is 1. The molecule has 0 aromatic heterocycles. The Morgan fingerprint density at radius 3 is 2.52 bits per heavy atom. The van der Waals surface area contributed by atoms with Gasteiger partial charge in [-0.1, -0.05) is 34.1 Å². The fraction of sp³-hybridized carbons (Fsp3) is 0.133. The average molecular weight is 350 g/mol. The van der Waals surface area contributed by atoms with Gasteiger partial charge in [-0.05, 0) is 30.7 Å².